The summed E-state index contributed by atoms with van der Waals surface area (Å²) >= 11 is 0. The number of hydrogen-bond acceptors (Lipinski definition) is 4. The Balaban J connectivity index is 2.32. The fourth-order valence-electron chi connectivity index (χ4n) is 1.66. The van der Waals surface area contributed by atoms with Gasteiger partial charge in [-0.2, -0.15) is 0 Å². The van der Waals surface area contributed by atoms with Gasteiger partial charge in [0, 0.05) is 12.0 Å². The van der Waals surface area contributed by atoms with E-state index >= 15 is 0 Å². The molecule has 0 aromatic rings. The van der Waals surface area contributed by atoms with Crippen molar-refractivity contribution in [1.82, 2.24) is 5.32 Å². The second-order valence-electron chi connectivity index (χ2n) is 4.21. The number of carbonyl (C=O) groups is 2. The summed E-state index contributed by atoms with van der Waals surface area (Å²) in [5.41, 5.74) is 5.56. The first-order valence-corrected chi connectivity index (χ1v) is 5.13. The average Bonchev–Trinajstić information content (AvgIpc) is 2.13. The number of esters is 1. The summed E-state index contributed by atoms with van der Waals surface area (Å²) in [7, 11) is 1.29. The van der Waals surface area contributed by atoms with Crippen molar-refractivity contribution in [3.63, 3.8) is 0 Å². The van der Waals surface area contributed by atoms with E-state index in [4.69, 9.17) is 5.73 Å². The molecule has 0 radical (unpaired) electrons. The van der Waals surface area contributed by atoms with Crippen LogP contribution in [0.4, 0.5) is 0 Å². The molecule has 0 bridgehead atoms. The minimum absolute atomic E-state index is 0.185. The molecule has 0 unspecified atom stereocenters. The lowest BCUT2D eigenvalue weighted by molar-refractivity contribution is -0.144. The molecule has 1 rings (SSSR count). The summed E-state index contributed by atoms with van der Waals surface area (Å²) in [5.74, 6) is -0.627. The van der Waals surface area contributed by atoms with Gasteiger partial charge in [0.25, 0.3) is 0 Å². The molecule has 15 heavy (non-hydrogen) atoms. The lowest BCUT2D eigenvalue weighted by Crippen LogP contribution is -2.51. The van der Waals surface area contributed by atoms with Gasteiger partial charge in [-0.15, -0.1) is 0 Å². The van der Waals surface area contributed by atoms with Gasteiger partial charge in [0.1, 0.15) is 6.04 Å². The summed E-state index contributed by atoms with van der Waals surface area (Å²) in [6.07, 6.45) is 3.13. The van der Waals surface area contributed by atoms with E-state index in [1.54, 1.807) is 6.92 Å². The van der Waals surface area contributed by atoms with Crippen LogP contribution < -0.4 is 11.1 Å². The van der Waals surface area contributed by atoms with Gasteiger partial charge >= 0.3 is 5.97 Å². The zero-order valence-electron chi connectivity index (χ0n) is 9.21. The molecule has 0 aliphatic heterocycles. The van der Waals surface area contributed by atoms with Gasteiger partial charge in [0.15, 0.2) is 0 Å². The van der Waals surface area contributed by atoms with Crippen molar-refractivity contribution < 1.29 is 14.3 Å². The second kappa shape index (κ2) is 4.61. The first-order chi connectivity index (χ1) is 6.97. The standard InChI is InChI=1S/C10H18N2O3/c1-7(9(14)15-2)12-8(13)6-10(11)4-3-5-10/h7H,3-6,11H2,1-2H3,(H,12,13)/t7-/m0/s1. The third kappa shape index (κ3) is 3.20. The lowest BCUT2D eigenvalue weighted by Gasteiger charge is -2.37. The summed E-state index contributed by atoms with van der Waals surface area (Å²) in [5, 5.41) is 2.56. The highest BCUT2D eigenvalue weighted by molar-refractivity contribution is 5.84. The SMILES string of the molecule is COC(=O)[C@H](C)NC(=O)CC1(N)CCC1. The van der Waals surface area contributed by atoms with E-state index in [2.05, 4.69) is 10.1 Å². The summed E-state index contributed by atoms with van der Waals surface area (Å²) in [6, 6.07) is -0.605. The van der Waals surface area contributed by atoms with E-state index < -0.39 is 12.0 Å². The number of rotatable bonds is 4. The smallest absolute Gasteiger partial charge is 0.328 e. The van der Waals surface area contributed by atoms with E-state index in [9.17, 15) is 9.59 Å². The molecule has 86 valence electrons. The molecule has 1 atom stereocenters. The van der Waals surface area contributed by atoms with Crippen LogP contribution in [0.5, 0.6) is 0 Å². The monoisotopic (exact) mass is 214 g/mol. The van der Waals surface area contributed by atoms with Crippen molar-refractivity contribution >= 4 is 11.9 Å². The minimum atomic E-state index is -0.605. The fourth-order valence-corrected chi connectivity index (χ4v) is 1.66. The Morgan fingerprint density at radius 2 is 2.13 bits per heavy atom. The Hall–Kier alpha value is -1.10. The van der Waals surface area contributed by atoms with Crippen LogP contribution in [0.25, 0.3) is 0 Å². The van der Waals surface area contributed by atoms with Crippen LogP contribution in [-0.2, 0) is 14.3 Å². The van der Waals surface area contributed by atoms with Crippen molar-refractivity contribution in [1.29, 1.82) is 0 Å². The maximum Gasteiger partial charge on any atom is 0.328 e. The predicted molar refractivity (Wildman–Crippen MR) is 55.0 cm³/mol. The number of nitrogens with one attached hydrogen (secondary N) is 1. The maximum absolute atomic E-state index is 11.5. The Morgan fingerprint density at radius 3 is 2.53 bits per heavy atom. The van der Waals surface area contributed by atoms with Crippen molar-refractivity contribution in [2.45, 2.75) is 44.2 Å². The largest absolute Gasteiger partial charge is 0.467 e. The minimum Gasteiger partial charge on any atom is -0.467 e. The Morgan fingerprint density at radius 1 is 1.53 bits per heavy atom. The molecule has 1 amide bonds. The van der Waals surface area contributed by atoms with Gasteiger partial charge in [0.05, 0.1) is 7.11 Å². The van der Waals surface area contributed by atoms with Crippen LogP contribution in [0.3, 0.4) is 0 Å². The first kappa shape index (κ1) is 12.0. The molecule has 0 spiro atoms. The van der Waals surface area contributed by atoms with Crippen molar-refractivity contribution in [2.24, 2.45) is 5.73 Å². The fraction of sp³-hybridized carbons (Fsp3) is 0.800. The lowest BCUT2D eigenvalue weighted by atomic mass is 9.75. The van der Waals surface area contributed by atoms with Crippen LogP contribution in [0.1, 0.15) is 32.6 Å². The van der Waals surface area contributed by atoms with Crippen LogP contribution in [0.15, 0.2) is 0 Å². The number of methoxy groups -OCH3 is 1. The highest BCUT2D eigenvalue weighted by Gasteiger charge is 2.35. The second-order valence-corrected chi connectivity index (χ2v) is 4.21. The van der Waals surface area contributed by atoms with Crippen molar-refractivity contribution in [2.75, 3.05) is 7.11 Å². The quantitative estimate of drug-likeness (QED) is 0.642. The zero-order chi connectivity index (χ0) is 11.5. The third-order valence-corrected chi connectivity index (χ3v) is 2.79. The van der Waals surface area contributed by atoms with Crippen LogP contribution in [0.2, 0.25) is 0 Å². The van der Waals surface area contributed by atoms with Gasteiger partial charge in [-0.3, -0.25) is 4.79 Å². The highest BCUT2D eigenvalue weighted by Crippen LogP contribution is 2.31. The van der Waals surface area contributed by atoms with Gasteiger partial charge in [-0.05, 0) is 26.2 Å². The number of hydrogen-bond donors (Lipinski definition) is 2. The topological polar surface area (TPSA) is 81.4 Å². The molecule has 1 aliphatic rings. The molecule has 5 heteroatoms. The molecular weight excluding hydrogens is 196 g/mol. The number of carbonyl (C=O) groups excluding carboxylic acids is 2. The molecule has 5 nitrogen and oxygen atoms in total. The van der Waals surface area contributed by atoms with Crippen molar-refractivity contribution in [3.8, 4) is 0 Å². The average molecular weight is 214 g/mol. The van der Waals surface area contributed by atoms with E-state index in [1.165, 1.54) is 7.11 Å². The third-order valence-electron chi connectivity index (χ3n) is 2.79. The first-order valence-electron chi connectivity index (χ1n) is 5.13. The Kier molecular flexibility index (Phi) is 3.68. The van der Waals surface area contributed by atoms with Crippen LogP contribution >= 0.6 is 0 Å². The maximum atomic E-state index is 11.5. The number of ether oxygens (including phenoxy) is 1. The van der Waals surface area contributed by atoms with E-state index in [-0.39, 0.29) is 17.9 Å². The molecule has 1 saturated carbocycles. The molecule has 3 N–H and O–H groups in total. The molecule has 1 aliphatic carbocycles. The van der Waals surface area contributed by atoms with Gasteiger partial charge in [-0.25, -0.2) is 4.79 Å². The Bertz CT molecular complexity index is 261. The summed E-state index contributed by atoms with van der Waals surface area (Å²) in [6.45, 7) is 1.59. The zero-order valence-corrected chi connectivity index (χ0v) is 9.21. The van der Waals surface area contributed by atoms with Crippen LogP contribution in [0, 0.1) is 0 Å². The van der Waals surface area contributed by atoms with E-state index in [1.807, 2.05) is 0 Å². The summed E-state index contributed by atoms with van der Waals surface area (Å²) < 4.78 is 4.50. The van der Waals surface area contributed by atoms with Gasteiger partial charge in [0.2, 0.25) is 5.91 Å². The molecule has 0 aromatic carbocycles. The van der Waals surface area contributed by atoms with Crippen LogP contribution in [-0.4, -0.2) is 30.6 Å². The Labute approximate surface area is 89.3 Å². The predicted octanol–water partition coefficient (Wildman–Crippen LogP) is -0.0644. The number of amides is 1. The van der Waals surface area contributed by atoms with E-state index in [0.717, 1.165) is 19.3 Å². The van der Waals surface area contributed by atoms with Crippen molar-refractivity contribution in [3.05, 3.63) is 0 Å². The van der Waals surface area contributed by atoms with Gasteiger partial charge in [-0.1, -0.05) is 0 Å². The molecule has 0 heterocycles. The van der Waals surface area contributed by atoms with Gasteiger partial charge < -0.3 is 15.8 Å². The van der Waals surface area contributed by atoms with E-state index in [0.29, 0.717) is 0 Å². The number of nitrogens with two attached hydrogens (primary N) is 1. The highest BCUT2D eigenvalue weighted by atomic mass is 16.5. The molecule has 0 saturated heterocycles. The molecule has 1 fully saturated rings. The molecular formula is C10H18N2O3. The molecule has 0 aromatic heterocycles. The normalized spacial score (nSPS) is 19.9. The summed E-state index contributed by atoms with van der Waals surface area (Å²) in [4.78, 5) is 22.5.